The normalized spacial score (nSPS) is 10.1. The van der Waals surface area contributed by atoms with Gasteiger partial charge >= 0.3 is 12.0 Å². The summed E-state index contributed by atoms with van der Waals surface area (Å²) >= 11 is 0. The molecule has 0 aromatic heterocycles. The molecule has 0 aliphatic rings. The number of likely N-dealkylation sites (N-methyl/N-ethyl adjacent to an activating group) is 1. The Bertz CT molecular complexity index is 193. The Labute approximate surface area is 76.9 Å². The predicted molar refractivity (Wildman–Crippen MR) is 47.3 cm³/mol. The van der Waals surface area contributed by atoms with E-state index in [1.54, 1.807) is 0 Å². The minimum atomic E-state index is -1.06. The van der Waals surface area contributed by atoms with E-state index in [1.165, 1.54) is 0 Å². The second-order valence-corrected chi connectivity index (χ2v) is 2.96. The molecule has 0 aromatic carbocycles. The van der Waals surface area contributed by atoms with Crippen LogP contribution in [0.2, 0.25) is 0 Å². The number of amides is 2. The van der Waals surface area contributed by atoms with E-state index in [9.17, 15) is 9.59 Å². The fraction of sp³-hybridized carbons (Fsp3) is 0.714. The minimum absolute atomic E-state index is 0.328. The van der Waals surface area contributed by atoms with Gasteiger partial charge < -0.3 is 20.6 Å². The molecule has 3 N–H and O–H groups in total. The number of primary amides is 1. The van der Waals surface area contributed by atoms with E-state index in [4.69, 9.17) is 10.8 Å². The summed E-state index contributed by atoms with van der Waals surface area (Å²) in [7, 11) is 3.67. The summed E-state index contributed by atoms with van der Waals surface area (Å²) in [6.45, 7) is 0.577. The Morgan fingerprint density at radius 1 is 1.31 bits per heavy atom. The number of aliphatic carboxylic acids is 1. The zero-order valence-corrected chi connectivity index (χ0v) is 7.86. The predicted octanol–water partition coefficient (Wildman–Crippen LogP) is -0.987. The van der Waals surface area contributed by atoms with Gasteiger partial charge in [0.25, 0.3) is 0 Å². The van der Waals surface area contributed by atoms with E-state index in [0.717, 1.165) is 4.90 Å². The second kappa shape index (κ2) is 5.36. The van der Waals surface area contributed by atoms with Crippen molar-refractivity contribution in [3.05, 3.63) is 0 Å². The lowest BCUT2D eigenvalue weighted by molar-refractivity contribution is -0.137. The Kier molecular flexibility index (Phi) is 4.83. The molecule has 0 aliphatic carbocycles. The number of nitrogens with two attached hydrogens (primary N) is 1. The van der Waals surface area contributed by atoms with Crippen molar-refractivity contribution in [1.82, 2.24) is 9.80 Å². The van der Waals surface area contributed by atoms with Crippen LogP contribution >= 0.6 is 0 Å². The van der Waals surface area contributed by atoms with E-state index in [0.29, 0.717) is 13.1 Å². The largest absolute Gasteiger partial charge is 0.480 e. The Morgan fingerprint density at radius 3 is 2.15 bits per heavy atom. The molecule has 0 unspecified atom stereocenters. The lowest BCUT2D eigenvalue weighted by Gasteiger charge is -2.20. The molecule has 13 heavy (non-hydrogen) atoms. The maximum Gasteiger partial charge on any atom is 0.323 e. The molecule has 0 fully saturated rings. The van der Waals surface area contributed by atoms with Gasteiger partial charge in [0.2, 0.25) is 0 Å². The Morgan fingerprint density at radius 2 is 1.85 bits per heavy atom. The zero-order chi connectivity index (χ0) is 10.4. The van der Waals surface area contributed by atoms with Crippen molar-refractivity contribution in [1.29, 1.82) is 0 Å². The molecule has 0 spiro atoms. The lowest BCUT2D eigenvalue weighted by Crippen LogP contribution is -2.42. The van der Waals surface area contributed by atoms with Crippen LogP contribution in [0.1, 0.15) is 0 Å². The summed E-state index contributed by atoms with van der Waals surface area (Å²) in [4.78, 5) is 23.9. The fourth-order valence-electron chi connectivity index (χ4n) is 0.751. The molecule has 0 radical (unpaired) electrons. The molecular weight excluding hydrogens is 174 g/mol. The molecule has 0 atom stereocenters. The summed E-state index contributed by atoms with van der Waals surface area (Å²) in [5.41, 5.74) is 4.98. The van der Waals surface area contributed by atoms with E-state index < -0.39 is 12.0 Å². The topological polar surface area (TPSA) is 86.9 Å². The van der Waals surface area contributed by atoms with Crippen LogP contribution < -0.4 is 5.73 Å². The second-order valence-electron chi connectivity index (χ2n) is 2.96. The monoisotopic (exact) mass is 189 g/mol. The van der Waals surface area contributed by atoms with Gasteiger partial charge in [0, 0.05) is 13.1 Å². The summed E-state index contributed by atoms with van der Waals surface area (Å²) < 4.78 is 0. The molecule has 0 saturated heterocycles. The van der Waals surface area contributed by atoms with Crippen molar-refractivity contribution in [2.45, 2.75) is 0 Å². The van der Waals surface area contributed by atoms with Gasteiger partial charge in [-0.3, -0.25) is 4.79 Å². The lowest BCUT2D eigenvalue weighted by atomic mass is 10.4. The van der Waals surface area contributed by atoms with Crippen molar-refractivity contribution < 1.29 is 14.7 Å². The van der Waals surface area contributed by atoms with Crippen LogP contribution in [-0.4, -0.2) is 60.6 Å². The van der Waals surface area contributed by atoms with Gasteiger partial charge in [-0.15, -0.1) is 0 Å². The molecular formula is C7H15N3O3. The average Bonchev–Trinajstić information content (AvgIpc) is 1.96. The van der Waals surface area contributed by atoms with Gasteiger partial charge in [0.15, 0.2) is 0 Å². The first-order valence-corrected chi connectivity index (χ1v) is 3.84. The summed E-state index contributed by atoms with van der Waals surface area (Å²) in [6, 6.07) is -0.704. The van der Waals surface area contributed by atoms with Crippen molar-refractivity contribution in [2.24, 2.45) is 5.73 Å². The molecule has 0 rings (SSSR count). The Balaban J connectivity index is 3.95. The van der Waals surface area contributed by atoms with Crippen LogP contribution in [0.5, 0.6) is 0 Å². The smallest absolute Gasteiger partial charge is 0.323 e. The van der Waals surface area contributed by atoms with Gasteiger partial charge in [0.1, 0.15) is 6.54 Å². The van der Waals surface area contributed by atoms with Crippen molar-refractivity contribution in [2.75, 3.05) is 33.7 Å². The number of carboxylic acid groups (broad SMARTS) is 1. The molecule has 2 amide bonds. The molecule has 0 aliphatic heterocycles. The summed E-state index contributed by atoms with van der Waals surface area (Å²) in [5, 5.41) is 8.43. The van der Waals surface area contributed by atoms with Gasteiger partial charge in [0.05, 0.1) is 0 Å². The number of carbonyl (C=O) groups excluding carboxylic acids is 1. The average molecular weight is 189 g/mol. The first kappa shape index (κ1) is 11.7. The number of nitrogens with zero attached hydrogens (tertiary/aromatic N) is 2. The number of carbonyl (C=O) groups is 2. The van der Waals surface area contributed by atoms with E-state index in [1.807, 2.05) is 19.0 Å². The van der Waals surface area contributed by atoms with E-state index in [-0.39, 0.29) is 6.54 Å². The van der Waals surface area contributed by atoms with Crippen molar-refractivity contribution >= 4 is 12.0 Å². The molecule has 0 bridgehead atoms. The van der Waals surface area contributed by atoms with Crippen molar-refractivity contribution in [3.8, 4) is 0 Å². The van der Waals surface area contributed by atoms with E-state index >= 15 is 0 Å². The standard InChI is InChI=1S/C7H15N3O3/c1-9(2)3-4-10(7(8)13)5-6(11)12/h3-5H2,1-2H3,(H2,8,13)(H,11,12). The van der Waals surface area contributed by atoms with Crippen LogP contribution in [-0.2, 0) is 4.79 Å². The van der Waals surface area contributed by atoms with Crippen LogP contribution in [0.3, 0.4) is 0 Å². The molecule has 76 valence electrons. The molecule has 0 aromatic rings. The fourth-order valence-corrected chi connectivity index (χ4v) is 0.751. The highest BCUT2D eigenvalue weighted by Gasteiger charge is 2.12. The third-order valence-electron chi connectivity index (χ3n) is 1.45. The number of hydrogen-bond donors (Lipinski definition) is 2. The summed E-state index contributed by atoms with van der Waals surface area (Å²) in [5.74, 6) is -1.06. The maximum atomic E-state index is 10.7. The summed E-state index contributed by atoms with van der Waals surface area (Å²) in [6.07, 6.45) is 0. The van der Waals surface area contributed by atoms with Gasteiger partial charge in [-0.1, -0.05) is 0 Å². The quantitative estimate of drug-likeness (QED) is 0.581. The first-order valence-electron chi connectivity index (χ1n) is 3.84. The van der Waals surface area contributed by atoms with Crippen LogP contribution in [0.15, 0.2) is 0 Å². The van der Waals surface area contributed by atoms with Crippen LogP contribution in [0.4, 0.5) is 4.79 Å². The highest BCUT2D eigenvalue weighted by molar-refractivity contribution is 5.78. The first-order chi connectivity index (χ1) is 5.93. The van der Waals surface area contributed by atoms with Gasteiger partial charge in [-0.05, 0) is 14.1 Å². The molecule has 6 heteroatoms. The number of rotatable bonds is 5. The van der Waals surface area contributed by atoms with Crippen LogP contribution in [0.25, 0.3) is 0 Å². The number of urea groups is 1. The molecule has 0 heterocycles. The number of hydrogen-bond acceptors (Lipinski definition) is 3. The SMILES string of the molecule is CN(C)CCN(CC(=O)O)C(N)=O. The third-order valence-corrected chi connectivity index (χ3v) is 1.45. The van der Waals surface area contributed by atoms with Gasteiger partial charge in [-0.25, -0.2) is 4.79 Å². The molecule has 6 nitrogen and oxygen atoms in total. The number of carboxylic acids is 1. The van der Waals surface area contributed by atoms with Gasteiger partial charge in [-0.2, -0.15) is 0 Å². The van der Waals surface area contributed by atoms with Crippen molar-refractivity contribution in [3.63, 3.8) is 0 Å². The highest BCUT2D eigenvalue weighted by atomic mass is 16.4. The Hall–Kier alpha value is -1.30. The van der Waals surface area contributed by atoms with Crippen LogP contribution in [0, 0.1) is 0 Å². The maximum absolute atomic E-state index is 10.7. The highest BCUT2D eigenvalue weighted by Crippen LogP contribution is 1.88. The zero-order valence-electron chi connectivity index (χ0n) is 7.86. The molecule has 0 saturated carbocycles. The minimum Gasteiger partial charge on any atom is -0.480 e. The third kappa shape index (κ3) is 5.92. The van der Waals surface area contributed by atoms with E-state index in [2.05, 4.69) is 0 Å².